The van der Waals surface area contributed by atoms with Crippen LogP contribution >= 0.6 is 39.1 Å². The predicted octanol–water partition coefficient (Wildman–Crippen LogP) is 5.07. The molecule has 0 radical (unpaired) electrons. The minimum Gasteiger partial charge on any atom is -0.495 e. The van der Waals surface area contributed by atoms with E-state index in [2.05, 4.69) is 21.2 Å². The first-order valence-electron chi connectivity index (χ1n) is 6.02. The Balaban J connectivity index is 2.41. The molecule has 0 saturated heterocycles. The Bertz CT molecular complexity index is 619. The highest BCUT2D eigenvalue weighted by Crippen LogP contribution is 2.32. The van der Waals surface area contributed by atoms with Gasteiger partial charge in [0.2, 0.25) is 0 Å². The van der Waals surface area contributed by atoms with Gasteiger partial charge in [-0.25, -0.2) is 0 Å². The van der Waals surface area contributed by atoms with E-state index in [1.165, 1.54) is 0 Å². The summed E-state index contributed by atoms with van der Waals surface area (Å²) in [5.74, 6) is 0.666. The fourth-order valence-corrected chi connectivity index (χ4v) is 2.78. The summed E-state index contributed by atoms with van der Waals surface area (Å²) in [6, 6.07) is 11.7. The zero-order chi connectivity index (χ0) is 14.7. The molecule has 1 atom stereocenters. The lowest BCUT2D eigenvalue weighted by molar-refractivity contribution is 0.414. The topological polar surface area (TPSA) is 21.3 Å². The number of ether oxygens (including phenoxy) is 1. The van der Waals surface area contributed by atoms with Gasteiger partial charge in [-0.1, -0.05) is 35.3 Å². The lowest BCUT2D eigenvalue weighted by Gasteiger charge is -2.18. The van der Waals surface area contributed by atoms with Gasteiger partial charge in [0.15, 0.2) is 0 Å². The van der Waals surface area contributed by atoms with E-state index in [-0.39, 0.29) is 6.04 Å². The molecule has 0 heterocycles. The molecule has 5 heteroatoms. The number of halogens is 3. The third-order valence-electron chi connectivity index (χ3n) is 3.07. The summed E-state index contributed by atoms with van der Waals surface area (Å²) in [6.45, 7) is 0. The molecule has 106 valence electrons. The molecule has 2 aromatic carbocycles. The number of rotatable bonds is 4. The quantitative estimate of drug-likeness (QED) is 0.806. The number of hydrogen-bond acceptors (Lipinski definition) is 2. The number of nitrogens with one attached hydrogen (secondary N) is 1. The number of methoxy groups -OCH3 is 1. The molecule has 1 N–H and O–H groups in total. The van der Waals surface area contributed by atoms with Gasteiger partial charge >= 0.3 is 0 Å². The first kappa shape index (κ1) is 15.6. The molecular formula is C15H14BrCl2NO. The molecule has 2 nitrogen and oxygen atoms in total. The zero-order valence-electron chi connectivity index (χ0n) is 11.1. The van der Waals surface area contributed by atoms with Crippen LogP contribution in [0.4, 0.5) is 0 Å². The molecule has 0 aliphatic carbocycles. The molecule has 0 bridgehead atoms. The van der Waals surface area contributed by atoms with Gasteiger partial charge in [-0.3, -0.25) is 0 Å². The van der Waals surface area contributed by atoms with E-state index >= 15 is 0 Å². The second-order valence-corrected chi connectivity index (χ2v) is 5.96. The highest BCUT2D eigenvalue weighted by Gasteiger charge is 2.15. The van der Waals surface area contributed by atoms with Crippen LogP contribution in [0.25, 0.3) is 0 Å². The average molecular weight is 375 g/mol. The van der Waals surface area contributed by atoms with E-state index in [1.54, 1.807) is 7.11 Å². The predicted molar refractivity (Wildman–Crippen MR) is 88.1 cm³/mol. The maximum atomic E-state index is 6.19. The van der Waals surface area contributed by atoms with E-state index < -0.39 is 0 Å². The van der Waals surface area contributed by atoms with Crippen molar-refractivity contribution in [1.82, 2.24) is 5.32 Å². The Morgan fingerprint density at radius 2 is 1.65 bits per heavy atom. The van der Waals surface area contributed by atoms with Gasteiger partial charge in [0.05, 0.1) is 23.2 Å². The van der Waals surface area contributed by atoms with Crippen molar-refractivity contribution in [1.29, 1.82) is 0 Å². The third kappa shape index (κ3) is 3.29. The van der Waals surface area contributed by atoms with Crippen molar-refractivity contribution < 1.29 is 4.74 Å². The van der Waals surface area contributed by atoms with Crippen LogP contribution in [-0.2, 0) is 0 Å². The standard InChI is InChI=1S/C15H14BrCl2NO/c1-19-15(9-3-5-11(16)12(17)7-9)10-4-6-14(20-2)13(18)8-10/h3-8,15,19H,1-2H3. The fourth-order valence-electron chi connectivity index (χ4n) is 2.08. The van der Waals surface area contributed by atoms with Gasteiger partial charge in [0.25, 0.3) is 0 Å². The van der Waals surface area contributed by atoms with Gasteiger partial charge in [-0.2, -0.15) is 0 Å². The van der Waals surface area contributed by atoms with Crippen molar-refractivity contribution in [3.05, 3.63) is 62.0 Å². The largest absolute Gasteiger partial charge is 0.495 e. The number of benzene rings is 2. The summed E-state index contributed by atoms with van der Waals surface area (Å²) >= 11 is 15.7. The summed E-state index contributed by atoms with van der Waals surface area (Å²) in [5.41, 5.74) is 2.12. The third-order valence-corrected chi connectivity index (χ3v) is 4.60. The van der Waals surface area contributed by atoms with Gasteiger partial charge in [-0.05, 0) is 58.4 Å². The van der Waals surface area contributed by atoms with E-state index in [1.807, 2.05) is 43.4 Å². The molecule has 2 rings (SSSR count). The molecule has 0 aromatic heterocycles. The SMILES string of the molecule is CNC(c1ccc(Br)c(Cl)c1)c1ccc(OC)c(Cl)c1. The summed E-state index contributed by atoms with van der Waals surface area (Å²) in [4.78, 5) is 0. The first-order valence-corrected chi connectivity index (χ1v) is 7.57. The van der Waals surface area contributed by atoms with E-state index in [0.717, 1.165) is 15.6 Å². The van der Waals surface area contributed by atoms with Gasteiger partial charge in [0.1, 0.15) is 5.75 Å². The monoisotopic (exact) mass is 373 g/mol. The molecule has 0 amide bonds. The highest BCUT2D eigenvalue weighted by molar-refractivity contribution is 9.10. The molecule has 0 spiro atoms. The second kappa shape index (κ2) is 6.81. The minimum absolute atomic E-state index is 0.0176. The highest BCUT2D eigenvalue weighted by atomic mass is 79.9. The van der Waals surface area contributed by atoms with Crippen LogP contribution in [0.5, 0.6) is 5.75 Å². The second-order valence-electron chi connectivity index (χ2n) is 4.29. The molecule has 0 saturated carbocycles. The summed E-state index contributed by atoms with van der Waals surface area (Å²) in [6.07, 6.45) is 0. The van der Waals surface area contributed by atoms with E-state index in [4.69, 9.17) is 27.9 Å². The van der Waals surface area contributed by atoms with Gasteiger partial charge in [0, 0.05) is 4.47 Å². The molecule has 2 aromatic rings. The van der Waals surface area contributed by atoms with Crippen molar-refractivity contribution in [3.8, 4) is 5.75 Å². The molecule has 0 fully saturated rings. The van der Waals surface area contributed by atoms with E-state index in [0.29, 0.717) is 15.8 Å². The summed E-state index contributed by atoms with van der Waals surface area (Å²) in [7, 11) is 3.50. The summed E-state index contributed by atoms with van der Waals surface area (Å²) < 4.78 is 6.05. The molecule has 1 unspecified atom stereocenters. The normalized spacial score (nSPS) is 12.2. The van der Waals surface area contributed by atoms with Gasteiger partial charge in [-0.15, -0.1) is 0 Å². The molecule has 0 aliphatic heterocycles. The zero-order valence-corrected chi connectivity index (χ0v) is 14.2. The summed E-state index contributed by atoms with van der Waals surface area (Å²) in [5, 5.41) is 4.55. The Labute approximate surface area is 137 Å². The molecule has 0 aliphatic rings. The van der Waals surface area contributed by atoms with Gasteiger partial charge < -0.3 is 10.1 Å². The van der Waals surface area contributed by atoms with Crippen LogP contribution in [0.2, 0.25) is 10.0 Å². The van der Waals surface area contributed by atoms with Crippen molar-refractivity contribution in [3.63, 3.8) is 0 Å². The smallest absolute Gasteiger partial charge is 0.137 e. The lowest BCUT2D eigenvalue weighted by Crippen LogP contribution is -2.17. The minimum atomic E-state index is 0.0176. The average Bonchev–Trinajstić information content (AvgIpc) is 2.44. The van der Waals surface area contributed by atoms with Crippen molar-refractivity contribution in [2.24, 2.45) is 0 Å². The Hall–Kier alpha value is -0.740. The first-order chi connectivity index (χ1) is 9.56. The van der Waals surface area contributed by atoms with Crippen LogP contribution in [0.3, 0.4) is 0 Å². The maximum absolute atomic E-state index is 6.19. The Morgan fingerprint density at radius 3 is 2.15 bits per heavy atom. The van der Waals surface area contributed by atoms with Crippen LogP contribution in [0.15, 0.2) is 40.9 Å². The Morgan fingerprint density at radius 1 is 1.05 bits per heavy atom. The van der Waals surface area contributed by atoms with Crippen LogP contribution < -0.4 is 10.1 Å². The van der Waals surface area contributed by atoms with Crippen LogP contribution in [0, 0.1) is 0 Å². The molecular weight excluding hydrogens is 361 g/mol. The number of hydrogen-bond donors (Lipinski definition) is 1. The van der Waals surface area contributed by atoms with Crippen molar-refractivity contribution in [2.75, 3.05) is 14.2 Å². The van der Waals surface area contributed by atoms with Crippen molar-refractivity contribution in [2.45, 2.75) is 6.04 Å². The van der Waals surface area contributed by atoms with Crippen LogP contribution in [0.1, 0.15) is 17.2 Å². The Kier molecular flexibility index (Phi) is 5.33. The lowest BCUT2D eigenvalue weighted by atomic mass is 9.99. The van der Waals surface area contributed by atoms with E-state index in [9.17, 15) is 0 Å². The molecule has 20 heavy (non-hydrogen) atoms. The van der Waals surface area contributed by atoms with Crippen molar-refractivity contribution >= 4 is 39.1 Å². The van der Waals surface area contributed by atoms with Crippen LogP contribution in [-0.4, -0.2) is 14.2 Å². The fraction of sp³-hybridized carbons (Fsp3) is 0.200. The maximum Gasteiger partial charge on any atom is 0.137 e.